The molecule has 1 aliphatic heterocycles. The molecule has 0 spiro atoms. The molecule has 1 heterocycles. The van der Waals surface area contributed by atoms with Crippen molar-refractivity contribution in [1.29, 1.82) is 0 Å². The van der Waals surface area contributed by atoms with Gasteiger partial charge in [-0.1, -0.05) is 18.5 Å². The van der Waals surface area contributed by atoms with E-state index in [4.69, 9.17) is 16.3 Å². The Bertz CT molecular complexity index is 478. The van der Waals surface area contributed by atoms with Crippen molar-refractivity contribution in [2.24, 2.45) is 5.92 Å². The summed E-state index contributed by atoms with van der Waals surface area (Å²) in [6.45, 7) is 2.70. The summed E-state index contributed by atoms with van der Waals surface area (Å²) in [6, 6.07) is 4.85. The SMILES string of the molecule is COc1cc(Cl)ccc1C(=O)N1CCC(C)C1CO. The molecule has 0 radical (unpaired) electrons. The molecular formula is C14H18ClNO3. The first-order valence-corrected chi connectivity index (χ1v) is 6.71. The zero-order chi connectivity index (χ0) is 14.0. The van der Waals surface area contributed by atoms with Crippen LogP contribution in [0.5, 0.6) is 5.75 Å². The number of halogens is 1. The molecule has 1 saturated heterocycles. The number of nitrogens with zero attached hydrogens (tertiary/aromatic N) is 1. The van der Waals surface area contributed by atoms with Gasteiger partial charge in [-0.3, -0.25) is 4.79 Å². The number of benzene rings is 1. The van der Waals surface area contributed by atoms with Crippen molar-refractivity contribution in [3.63, 3.8) is 0 Å². The van der Waals surface area contributed by atoms with E-state index in [2.05, 4.69) is 0 Å². The van der Waals surface area contributed by atoms with Crippen LogP contribution < -0.4 is 4.74 Å². The third-order valence-electron chi connectivity index (χ3n) is 3.72. The van der Waals surface area contributed by atoms with E-state index in [0.717, 1.165) is 6.42 Å². The average Bonchev–Trinajstić information content (AvgIpc) is 2.78. The van der Waals surface area contributed by atoms with Crippen LogP contribution in [0.4, 0.5) is 0 Å². The molecule has 1 amide bonds. The molecule has 0 aromatic heterocycles. The molecule has 1 N–H and O–H groups in total. The van der Waals surface area contributed by atoms with E-state index in [0.29, 0.717) is 28.8 Å². The number of aliphatic hydroxyl groups is 1. The van der Waals surface area contributed by atoms with Crippen molar-refractivity contribution in [1.82, 2.24) is 4.90 Å². The summed E-state index contributed by atoms with van der Waals surface area (Å²) >= 11 is 5.89. The zero-order valence-electron chi connectivity index (χ0n) is 11.1. The lowest BCUT2D eigenvalue weighted by Crippen LogP contribution is -2.39. The Labute approximate surface area is 117 Å². The molecule has 2 unspecified atom stereocenters. The quantitative estimate of drug-likeness (QED) is 0.925. The van der Waals surface area contributed by atoms with E-state index >= 15 is 0 Å². The van der Waals surface area contributed by atoms with Crippen LogP contribution >= 0.6 is 11.6 Å². The number of ether oxygens (including phenoxy) is 1. The Morgan fingerprint density at radius 1 is 1.58 bits per heavy atom. The predicted octanol–water partition coefficient (Wildman–Crippen LogP) is 2.19. The van der Waals surface area contributed by atoms with Crippen molar-refractivity contribution in [2.45, 2.75) is 19.4 Å². The predicted molar refractivity (Wildman–Crippen MR) is 73.7 cm³/mol. The standard InChI is InChI=1S/C14H18ClNO3/c1-9-5-6-16(12(9)8-17)14(18)11-4-3-10(15)7-13(11)19-2/h3-4,7,9,12,17H,5-6,8H2,1-2H3. The fourth-order valence-corrected chi connectivity index (χ4v) is 2.70. The molecule has 0 bridgehead atoms. The molecule has 0 saturated carbocycles. The number of aliphatic hydroxyl groups excluding tert-OH is 1. The van der Waals surface area contributed by atoms with Crippen molar-refractivity contribution in [3.05, 3.63) is 28.8 Å². The van der Waals surface area contributed by atoms with E-state index in [9.17, 15) is 9.90 Å². The van der Waals surface area contributed by atoms with Gasteiger partial charge in [0.05, 0.1) is 25.3 Å². The summed E-state index contributed by atoms with van der Waals surface area (Å²) in [5, 5.41) is 9.96. The highest BCUT2D eigenvalue weighted by Crippen LogP contribution is 2.29. The second kappa shape index (κ2) is 5.80. The number of likely N-dealkylation sites (tertiary alicyclic amines) is 1. The van der Waals surface area contributed by atoms with Crippen molar-refractivity contribution >= 4 is 17.5 Å². The topological polar surface area (TPSA) is 49.8 Å². The molecule has 19 heavy (non-hydrogen) atoms. The van der Waals surface area contributed by atoms with Crippen LogP contribution in [0, 0.1) is 5.92 Å². The first kappa shape index (κ1) is 14.2. The van der Waals surface area contributed by atoms with Gasteiger partial charge in [0.2, 0.25) is 0 Å². The maximum absolute atomic E-state index is 12.5. The summed E-state index contributed by atoms with van der Waals surface area (Å²) in [5.41, 5.74) is 0.486. The highest BCUT2D eigenvalue weighted by Gasteiger charge is 2.35. The van der Waals surface area contributed by atoms with Gasteiger partial charge in [-0.05, 0) is 30.5 Å². The monoisotopic (exact) mass is 283 g/mol. The lowest BCUT2D eigenvalue weighted by molar-refractivity contribution is 0.0645. The number of hydrogen-bond donors (Lipinski definition) is 1. The molecule has 4 nitrogen and oxygen atoms in total. The van der Waals surface area contributed by atoms with Crippen LogP contribution in [0.15, 0.2) is 18.2 Å². The van der Waals surface area contributed by atoms with Gasteiger partial charge in [-0.2, -0.15) is 0 Å². The Kier molecular flexibility index (Phi) is 4.32. The first-order valence-electron chi connectivity index (χ1n) is 6.33. The minimum atomic E-state index is -0.118. The summed E-state index contributed by atoms with van der Waals surface area (Å²) in [7, 11) is 1.51. The lowest BCUT2D eigenvalue weighted by atomic mass is 10.0. The van der Waals surface area contributed by atoms with E-state index in [1.165, 1.54) is 7.11 Å². The Morgan fingerprint density at radius 3 is 2.95 bits per heavy atom. The van der Waals surface area contributed by atoms with Crippen molar-refractivity contribution in [3.8, 4) is 5.75 Å². The second-order valence-electron chi connectivity index (χ2n) is 4.86. The van der Waals surface area contributed by atoms with Crippen LogP contribution in [-0.4, -0.2) is 42.2 Å². The highest BCUT2D eigenvalue weighted by atomic mass is 35.5. The van der Waals surface area contributed by atoms with Crippen LogP contribution in [0.25, 0.3) is 0 Å². The number of amides is 1. The molecule has 0 aliphatic carbocycles. The van der Waals surface area contributed by atoms with Gasteiger partial charge in [-0.15, -0.1) is 0 Å². The molecule has 5 heteroatoms. The largest absolute Gasteiger partial charge is 0.496 e. The molecule has 2 rings (SSSR count). The molecule has 1 fully saturated rings. The minimum absolute atomic E-state index is 0.0111. The normalized spacial score (nSPS) is 22.6. The first-order chi connectivity index (χ1) is 9.08. The van der Waals surface area contributed by atoms with Gasteiger partial charge >= 0.3 is 0 Å². The molecule has 1 aromatic rings. The summed E-state index contributed by atoms with van der Waals surface area (Å²) in [4.78, 5) is 14.3. The van der Waals surface area contributed by atoms with E-state index in [-0.39, 0.29) is 18.6 Å². The van der Waals surface area contributed by atoms with E-state index < -0.39 is 0 Å². The fraction of sp³-hybridized carbons (Fsp3) is 0.500. The maximum Gasteiger partial charge on any atom is 0.257 e. The average molecular weight is 284 g/mol. The number of rotatable bonds is 3. The number of carbonyl (C=O) groups excluding carboxylic acids is 1. The summed E-state index contributed by atoms with van der Waals surface area (Å²) in [5.74, 6) is 0.665. The van der Waals surface area contributed by atoms with Crippen LogP contribution in [0.2, 0.25) is 5.02 Å². The zero-order valence-corrected chi connectivity index (χ0v) is 11.9. The molecule has 1 aromatic carbocycles. The summed E-state index contributed by atoms with van der Waals surface area (Å²) < 4.78 is 5.21. The fourth-order valence-electron chi connectivity index (χ4n) is 2.54. The Hall–Kier alpha value is -1.26. The number of carbonyl (C=O) groups is 1. The number of methoxy groups -OCH3 is 1. The van der Waals surface area contributed by atoms with Crippen molar-refractivity contribution in [2.75, 3.05) is 20.3 Å². The van der Waals surface area contributed by atoms with Gasteiger partial charge in [0.15, 0.2) is 0 Å². The third-order valence-corrected chi connectivity index (χ3v) is 3.96. The lowest BCUT2D eigenvalue weighted by Gasteiger charge is -2.26. The van der Waals surface area contributed by atoms with Crippen LogP contribution in [0.3, 0.4) is 0 Å². The van der Waals surface area contributed by atoms with Crippen LogP contribution in [-0.2, 0) is 0 Å². The van der Waals surface area contributed by atoms with Gasteiger partial charge in [0.1, 0.15) is 5.75 Å². The van der Waals surface area contributed by atoms with Gasteiger partial charge in [0.25, 0.3) is 5.91 Å². The smallest absolute Gasteiger partial charge is 0.257 e. The van der Waals surface area contributed by atoms with E-state index in [1.54, 1.807) is 23.1 Å². The van der Waals surface area contributed by atoms with Gasteiger partial charge < -0.3 is 14.7 Å². The molecule has 2 atom stereocenters. The van der Waals surface area contributed by atoms with Gasteiger partial charge in [-0.25, -0.2) is 0 Å². The second-order valence-corrected chi connectivity index (χ2v) is 5.30. The molecule has 1 aliphatic rings. The molecular weight excluding hydrogens is 266 g/mol. The highest BCUT2D eigenvalue weighted by molar-refractivity contribution is 6.30. The third kappa shape index (κ3) is 2.69. The Morgan fingerprint density at radius 2 is 2.32 bits per heavy atom. The van der Waals surface area contributed by atoms with Crippen LogP contribution in [0.1, 0.15) is 23.7 Å². The minimum Gasteiger partial charge on any atom is -0.496 e. The van der Waals surface area contributed by atoms with E-state index in [1.807, 2.05) is 6.92 Å². The molecule has 104 valence electrons. The number of hydrogen-bond acceptors (Lipinski definition) is 3. The Balaban J connectivity index is 2.29. The maximum atomic E-state index is 12.5. The van der Waals surface area contributed by atoms with Crippen molar-refractivity contribution < 1.29 is 14.6 Å². The summed E-state index contributed by atoms with van der Waals surface area (Å²) in [6.07, 6.45) is 0.910. The van der Waals surface area contributed by atoms with Gasteiger partial charge in [0, 0.05) is 11.6 Å².